The van der Waals surface area contributed by atoms with Crippen LogP contribution in [0.3, 0.4) is 0 Å². The Morgan fingerprint density at radius 2 is 1.16 bits per heavy atom. The highest BCUT2D eigenvalue weighted by Gasteiger charge is 2.14. The molecule has 0 aliphatic heterocycles. The van der Waals surface area contributed by atoms with Gasteiger partial charge in [-0.15, -0.1) is 11.8 Å². The number of thioether (sulfide) groups is 1. The summed E-state index contributed by atoms with van der Waals surface area (Å²) < 4.78 is 5.42. The first kappa shape index (κ1) is 31.5. The third kappa shape index (κ3) is 7.95. The van der Waals surface area contributed by atoms with Crippen LogP contribution in [0.5, 0.6) is 5.75 Å². The van der Waals surface area contributed by atoms with Gasteiger partial charge in [0.1, 0.15) is 5.75 Å². The third-order valence-electron chi connectivity index (χ3n) is 7.39. The summed E-state index contributed by atoms with van der Waals surface area (Å²) in [5.74, 6) is 0.402. The Labute approximate surface area is 273 Å². The van der Waals surface area contributed by atoms with E-state index in [0.717, 1.165) is 66.1 Å². The summed E-state index contributed by atoms with van der Waals surface area (Å²) in [5, 5.41) is 10.4. The molecule has 0 heterocycles. The van der Waals surface area contributed by atoms with Gasteiger partial charge in [0.05, 0.1) is 0 Å². The van der Waals surface area contributed by atoms with Crippen molar-refractivity contribution in [2.45, 2.75) is 25.2 Å². The van der Waals surface area contributed by atoms with Crippen molar-refractivity contribution in [3.8, 4) is 28.0 Å². The maximum Gasteiger partial charge on any atom is 0.341 e. The summed E-state index contributed by atoms with van der Waals surface area (Å²) in [7, 11) is 0. The number of rotatable bonds is 11. The van der Waals surface area contributed by atoms with Gasteiger partial charge in [-0.3, -0.25) is 0 Å². The lowest BCUT2D eigenvalue weighted by molar-refractivity contribution is -0.139. The van der Waals surface area contributed by atoms with Crippen molar-refractivity contribution >= 4 is 46.5 Å². The molecule has 5 rings (SSSR count). The topological polar surface area (TPSA) is 46.5 Å². The number of halogens is 2. The van der Waals surface area contributed by atoms with E-state index in [2.05, 4.69) is 61.5 Å². The van der Waals surface area contributed by atoms with Gasteiger partial charge in [-0.05, 0) is 100 Å². The molecule has 0 fully saturated rings. The zero-order valence-corrected chi connectivity index (χ0v) is 26.8. The second-order valence-electron chi connectivity index (χ2n) is 10.4. The standard InChI is InChI=1S/C38H32Cl2O3S/c1-3-26(24-44-35-20-21-36(25(2)22-35)43-23-37(41)42)38(31-8-4-27(5-9-31)29-12-16-33(39)17-13-29)32-10-6-28(7-11-32)30-14-18-34(40)19-15-30/h4-22H,3,23-24H2,1-2H3,(H,41,42). The molecule has 222 valence electrons. The minimum Gasteiger partial charge on any atom is -0.482 e. The number of aryl methyl sites for hydroxylation is 1. The van der Waals surface area contributed by atoms with Crippen molar-refractivity contribution in [2.24, 2.45) is 0 Å². The first-order chi connectivity index (χ1) is 21.3. The number of benzene rings is 5. The molecule has 0 aliphatic rings. The summed E-state index contributed by atoms with van der Waals surface area (Å²) in [6.07, 6.45) is 0.888. The average molecular weight is 640 g/mol. The van der Waals surface area contributed by atoms with E-state index in [0.29, 0.717) is 5.75 Å². The van der Waals surface area contributed by atoms with Crippen LogP contribution in [0, 0.1) is 6.92 Å². The van der Waals surface area contributed by atoms with E-state index in [-0.39, 0.29) is 6.61 Å². The zero-order chi connectivity index (χ0) is 31.1. The van der Waals surface area contributed by atoms with Gasteiger partial charge < -0.3 is 9.84 Å². The number of hydrogen-bond acceptors (Lipinski definition) is 3. The Balaban J connectivity index is 1.48. The highest BCUT2D eigenvalue weighted by Crippen LogP contribution is 2.35. The van der Waals surface area contributed by atoms with Crippen molar-refractivity contribution in [3.63, 3.8) is 0 Å². The predicted molar refractivity (Wildman–Crippen MR) is 185 cm³/mol. The van der Waals surface area contributed by atoms with Crippen LogP contribution in [-0.4, -0.2) is 23.4 Å². The van der Waals surface area contributed by atoms with Gasteiger partial charge in [0, 0.05) is 20.7 Å². The molecule has 0 saturated carbocycles. The number of hydrogen-bond donors (Lipinski definition) is 1. The van der Waals surface area contributed by atoms with Crippen LogP contribution in [0.15, 0.2) is 126 Å². The lowest BCUT2D eigenvalue weighted by Crippen LogP contribution is -2.10. The number of aliphatic carboxylic acids is 1. The van der Waals surface area contributed by atoms with Gasteiger partial charge in [0.15, 0.2) is 6.61 Å². The van der Waals surface area contributed by atoms with E-state index < -0.39 is 5.97 Å². The predicted octanol–water partition coefficient (Wildman–Crippen LogP) is 11.1. The van der Waals surface area contributed by atoms with Gasteiger partial charge >= 0.3 is 5.97 Å². The number of carboxylic acids is 1. The Kier molecular flexibility index (Phi) is 10.5. The van der Waals surface area contributed by atoms with E-state index >= 15 is 0 Å². The summed E-state index contributed by atoms with van der Waals surface area (Å²) in [4.78, 5) is 12.0. The fraction of sp³-hybridized carbons (Fsp3) is 0.132. The third-order valence-corrected chi connectivity index (χ3v) is 8.98. The molecule has 0 radical (unpaired) electrons. The molecule has 5 aromatic carbocycles. The van der Waals surface area contributed by atoms with E-state index in [1.54, 1.807) is 11.8 Å². The molecule has 5 aromatic rings. The molecule has 0 aromatic heterocycles. The molecule has 0 bridgehead atoms. The van der Waals surface area contributed by atoms with Crippen LogP contribution in [0.4, 0.5) is 0 Å². The Morgan fingerprint density at radius 3 is 1.57 bits per heavy atom. The average Bonchev–Trinajstić information content (AvgIpc) is 3.03. The lowest BCUT2D eigenvalue weighted by atomic mass is 9.90. The van der Waals surface area contributed by atoms with Crippen LogP contribution >= 0.6 is 35.0 Å². The zero-order valence-electron chi connectivity index (χ0n) is 24.5. The van der Waals surface area contributed by atoms with Gasteiger partial charge in [0.25, 0.3) is 0 Å². The quantitative estimate of drug-likeness (QED) is 0.146. The second kappa shape index (κ2) is 14.7. The van der Waals surface area contributed by atoms with Crippen LogP contribution < -0.4 is 4.74 Å². The Morgan fingerprint density at radius 1 is 0.705 bits per heavy atom. The fourth-order valence-electron chi connectivity index (χ4n) is 5.05. The van der Waals surface area contributed by atoms with E-state index in [9.17, 15) is 4.79 Å². The van der Waals surface area contributed by atoms with Gasteiger partial charge in [-0.2, -0.15) is 0 Å². The first-order valence-electron chi connectivity index (χ1n) is 14.3. The minimum atomic E-state index is -0.990. The molecule has 0 aliphatic carbocycles. The van der Waals surface area contributed by atoms with E-state index in [1.807, 2.05) is 67.6 Å². The SMILES string of the molecule is CCC(CSc1ccc(OCC(=O)O)c(C)c1)=C(c1ccc(-c2ccc(Cl)cc2)cc1)c1ccc(-c2ccc(Cl)cc2)cc1. The smallest absolute Gasteiger partial charge is 0.341 e. The molecular weight excluding hydrogens is 607 g/mol. The van der Waals surface area contributed by atoms with Crippen molar-refractivity contribution in [2.75, 3.05) is 12.4 Å². The molecule has 0 unspecified atom stereocenters. The van der Waals surface area contributed by atoms with E-state index in [4.69, 9.17) is 33.0 Å². The largest absolute Gasteiger partial charge is 0.482 e. The minimum absolute atomic E-state index is 0.354. The van der Waals surface area contributed by atoms with Crippen LogP contribution in [0.25, 0.3) is 27.8 Å². The van der Waals surface area contributed by atoms with Crippen LogP contribution in [-0.2, 0) is 4.79 Å². The van der Waals surface area contributed by atoms with Gasteiger partial charge in [0.2, 0.25) is 0 Å². The lowest BCUT2D eigenvalue weighted by Gasteiger charge is -2.17. The summed E-state index contributed by atoms with van der Waals surface area (Å²) >= 11 is 14.0. The van der Waals surface area contributed by atoms with Crippen molar-refractivity contribution < 1.29 is 14.6 Å². The second-order valence-corrected chi connectivity index (χ2v) is 12.3. The van der Waals surface area contributed by atoms with Crippen molar-refractivity contribution in [3.05, 3.63) is 148 Å². The molecule has 1 N–H and O–H groups in total. The van der Waals surface area contributed by atoms with Gasteiger partial charge in [-0.25, -0.2) is 4.79 Å². The monoisotopic (exact) mass is 638 g/mol. The molecule has 3 nitrogen and oxygen atoms in total. The number of ether oxygens (including phenoxy) is 1. The molecule has 6 heteroatoms. The van der Waals surface area contributed by atoms with Crippen molar-refractivity contribution in [1.82, 2.24) is 0 Å². The Hall–Kier alpha value is -3.96. The normalized spacial score (nSPS) is 10.8. The molecule has 44 heavy (non-hydrogen) atoms. The molecule has 0 saturated heterocycles. The van der Waals surface area contributed by atoms with Gasteiger partial charge in [-0.1, -0.05) is 108 Å². The van der Waals surface area contributed by atoms with Crippen LogP contribution in [0.2, 0.25) is 10.0 Å². The number of carboxylic acid groups (broad SMARTS) is 1. The van der Waals surface area contributed by atoms with Crippen molar-refractivity contribution in [1.29, 1.82) is 0 Å². The molecule has 0 amide bonds. The molecule has 0 spiro atoms. The highest BCUT2D eigenvalue weighted by atomic mass is 35.5. The highest BCUT2D eigenvalue weighted by molar-refractivity contribution is 7.99. The molecule has 0 atom stereocenters. The molecular formula is C38H32Cl2O3S. The first-order valence-corrected chi connectivity index (χ1v) is 16.1. The summed E-state index contributed by atoms with van der Waals surface area (Å²) in [5.41, 5.74) is 10.3. The number of carbonyl (C=O) groups is 1. The van der Waals surface area contributed by atoms with E-state index in [1.165, 1.54) is 11.1 Å². The fourth-order valence-corrected chi connectivity index (χ4v) is 6.42. The maximum atomic E-state index is 10.9. The van der Waals surface area contributed by atoms with Crippen LogP contribution in [0.1, 0.15) is 30.0 Å². The Bertz CT molecular complexity index is 1670. The summed E-state index contributed by atoms with van der Waals surface area (Å²) in [6, 6.07) is 39.2. The maximum absolute atomic E-state index is 10.9. The summed E-state index contributed by atoms with van der Waals surface area (Å²) in [6.45, 7) is 3.79.